The number of benzene rings is 1. The molecular formula is C31H50N2O3. The maximum absolute atomic E-state index is 12.0. The van der Waals surface area contributed by atoms with Gasteiger partial charge in [-0.25, -0.2) is 9.78 Å². The first-order chi connectivity index (χ1) is 17.4. The normalized spacial score (nSPS) is 14.4. The average molecular weight is 499 g/mol. The molecule has 1 saturated heterocycles. The van der Waals surface area contributed by atoms with Crippen molar-refractivity contribution in [2.75, 3.05) is 24.6 Å². The minimum absolute atomic E-state index is 0.108. The predicted molar refractivity (Wildman–Crippen MR) is 152 cm³/mol. The number of pyridine rings is 1. The van der Waals surface area contributed by atoms with Gasteiger partial charge in [-0.2, -0.15) is 0 Å². The molecule has 1 aliphatic rings. The summed E-state index contributed by atoms with van der Waals surface area (Å²) in [6, 6.07) is 12.0. The van der Waals surface area contributed by atoms with E-state index in [0.717, 1.165) is 44.1 Å². The molecule has 5 heteroatoms. The highest BCUT2D eigenvalue weighted by Crippen LogP contribution is 2.25. The van der Waals surface area contributed by atoms with E-state index in [2.05, 4.69) is 68.8 Å². The van der Waals surface area contributed by atoms with Gasteiger partial charge in [0.1, 0.15) is 17.1 Å². The Balaban J connectivity index is 0.000000329. The average Bonchev–Trinajstić information content (AvgIpc) is 3.31. The van der Waals surface area contributed by atoms with E-state index in [1.165, 1.54) is 37.7 Å². The molecule has 202 valence electrons. The summed E-state index contributed by atoms with van der Waals surface area (Å²) in [6.07, 6.45) is 10.2. The summed E-state index contributed by atoms with van der Waals surface area (Å²) in [7, 11) is 0. The van der Waals surface area contributed by atoms with E-state index in [4.69, 9.17) is 9.47 Å². The molecule has 2 heterocycles. The third-order valence-electron chi connectivity index (χ3n) is 5.67. The van der Waals surface area contributed by atoms with Crippen molar-refractivity contribution >= 4 is 11.8 Å². The van der Waals surface area contributed by atoms with Gasteiger partial charge in [0.15, 0.2) is 0 Å². The lowest BCUT2D eigenvalue weighted by atomic mass is 10.2. The maximum atomic E-state index is 12.0. The standard InChI is InChI=1S/C14H20N2O2.C14H22O.C3H8/c1-10(2)18-14(17)12-5-4-7-15-13(12)16-8-6-11(3)9-16;1-3-5-6-7-12-15-14-10-8-13(4-2)9-11-14;1-3-2/h4-5,7,10-11H,6,8-9H2,1-3H3;8-11H,3-7,12H2,1-2H3;3H2,1-2H3. The Morgan fingerprint density at radius 1 is 1.06 bits per heavy atom. The van der Waals surface area contributed by atoms with Crippen LogP contribution in [0.4, 0.5) is 5.82 Å². The van der Waals surface area contributed by atoms with Crippen LogP contribution in [0.5, 0.6) is 5.75 Å². The van der Waals surface area contributed by atoms with E-state index >= 15 is 0 Å². The summed E-state index contributed by atoms with van der Waals surface area (Å²) in [6.45, 7) is 17.3. The smallest absolute Gasteiger partial charge is 0.342 e. The number of carbonyl (C=O) groups excluding carboxylic acids is 1. The van der Waals surface area contributed by atoms with Gasteiger partial charge in [0.2, 0.25) is 0 Å². The Labute approximate surface area is 220 Å². The molecule has 1 atom stereocenters. The first kappa shape index (κ1) is 31.5. The second-order valence-electron chi connectivity index (χ2n) is 9.78. The Morgan fingerprint density at radius 2 is 1.75 bits per heavy atom. The number of aryl methyl sites for hydroxylation is 1. The fourth-order valence-corrected chi connectivity index (χ4v) is 3.75. The van der Waals surface area contributed by atoms with Crippen LogP contribution in [0.1, 0.15) is 103 Å². The van der Waals surface area contributed by atoms with E-state index in [0.29, 0.717) is 11.5 Å². The maximum Gasteiger partial charge on any atom is 0.342 e. The molecule has 3 rings (SSSR count). The lowest BCUT2D eigenvalue weighted by Crippen LogP contribution is -2.24. The Kier molecular flexibility index (Phi) is 16.3. The monoisotopic (exact) mass is 498 g/mol. The van der Waals surface area contributed by atoms with Gasteiger partial charge < -0.3 is 14.4 Å². The van der Waals surface area contributed by atoms with Gasteiger partial charge in [0.25, 0.3) is 0 Å². The van der Waals surface area contributed by atoms with Crippen molar-refractivity contribution in [2.24, 2.45) is 5.92 Å². The van der Waals surface area contributed by atoms with Crippen LogP contribution < -0.4 is 9.64 Å². The number of carbonyl (C=O) groups is 1. The van der Waals surface area contributed by atoms with Crippen molar-refractivity contribution in [3.8, 4) is 5.75 Å². The molecule has 0 aliphatic carbocycles. The molecule has 1 fully saturated rings. The highest BCUT2D eigenvalue weighted by molar-refractivity contribution is 5.94. The summed E-state index contributed by atoms with van der Waals surface area (Å²) in [5.41, 5.74) is 1.94. The van der Waals surface area contributed by atoms with Gasteiger partial charge in [0, 0.05) is 19.3 Å². The largest absolute Gasteiger partial charge is 0.494 e. The molecule has 1 aromatic carbocycles. The van der Waals surface area contributed by atoms with Crippen LogP contribution in [0.2, 0.25) is 0 Å². The molecule has 36 heavy (non-hydrogen) atoms. The van der Waals surface area contributed by atoms with E-state index in [1.54, 1.807) is 18.3 Å². The number of aromatic nitrogens is 1. The lowest BCUT2D eigenvalue weighted by molar-refractivity contribution is 0.0378. The second kappa shape index (κ2) is 18.7. The van der Waals surface area contributed by atoms with Crippen molar-refractivity contribution in [2.45, 2.75) is 99.5 Å². The highest BCUT2D eigenvalue weighted by atomic mass is 16.5. The minimum atomic E-state index is -0.285. The zero-order chi connectivity index (χ0) is 26.8. The highest BCUT2D eigenvalue weighted by Gasteiger charge is 2.25. The summed E-state index contributed by atoms with van der Waals surface area (Å²) < 4.78 is 10.9. The fourth-order valence-electron chi connectivity index (χ4n) is 3.75. The van der Waals surface area contributed by atoms with Crippen molar-refractivity contribution in [1.82, 2.24) is 4.98 Å². The number of ether oxygens (including phenoxy) is 2. The van der Waals surface area contributed by atoms with Gasteiger partial charge in [-0.3, -0.25) is 0 Å². The molecular weight excluding hydrogens is 448 g/mol. The van der Waals surface area contributed by atoms with Crippen molar-refractivity contribution in [3.05, 3.63) is 53.7 Å². The Morgan fingerprint density at radius 3 is 2.31 bits per heavy atom. The Bertz CT molecular complexity index is 836. The molecule has 1 aliphatic heterocycles. The van der Waals surface area contributed by atoms with Crippen LogP contribution in [-0.2, 0) is 11.2 Å². The molecule has 1 aromatic heterocycles. The molecule has 0 bridgehead atoms. The van der Waals surface area contributed by atoms with Gasteiger partial charge in [-0.15, -0.1) is 0 Å². The van der Waals surface area contributed by atoms with E-state index in [1.807, 2.05) is 13.8 Å². The molecule has 1 unspecified atom stereocenters. The van der Waals surface area contributed by atoms with Crippen LogP contribution >= 0.6 is 0 Å². The summed E-state index contributed by atoms with van der Waals surface area (Å²) in [5, 5.41) is 0. The third-order valence-corrected chi connectivity index (χ3v) is 5.67. The van der Waals surface area contributed by atoms with Crippen molar-refractivity contribution < 1.29 is 14.3 Å². The third kappa shape index (κ3) is 12.4. The van der Waals surface area contributed by atoms with Gasteiger partial charge in [-0.05, 0) is 68.9 Å². The molecule has 0 saturated carbocycles. The Hall–Kier alpha value is -2.56. The topological polar surface area (TPSA) is 51.7 Å². The number of esters is 1. The molecule has 2 aromatic rings. The zero-order valence-corrected chi connectivity index (χ0v) is 23.9. The first-order valence-corrected chi connectivity index (χ1v) is 14.0. The van der Waals surface area contributed by atoms with Crippen LogP contribution in [0.15, 0.2) is 42.6 Å². The van der Waals surface area contributed by atoms with Gasteiger partial charge in [0.05, 0.1) is 12.7 Å². The van der Waals surface area contributed by atoms with E-state index < -0.39 is 0 Å². The van der Waals surface area contributed by atoms with Crippen molar-refractivity contribution in [1.29, 1.82) is 0 Å². The quantitative estimate of drug-likeness (QED) is 0.244. The van der Waals surface area contributed by atoms with Crippen LogP contribution in [-0.4, -0.2) is 36.8 Å². The zero-order valence-electron chi connectivity index (χ0n) is 23.9. The van der Waals surface area contributed by atoms with E-state index in [-0.39, 0.29) is 12.1 Å². The SMILES string of the molecule is CC1CCN(c2ncccc2C(=O)OC(C)C)C1.CCC.CCCCCCOc1ccc(CC)cc1. The van der Waals surface area contributed by atoms with Crippen LogP contribution in [0.25, 0.3) is 0 Å². The van der Waals surface area contributed by atoms with Crippen LogP contribution in [0, 0.1) is 5.92 Å². The number of unbranched alkanes of at least 4 members (excludes halogenated alkanes) is 3. The number of rotatable bonds is 10. The predicted octanol–water partition coefficient (Wildman–Crippen LogP) is 8.12. The second-order valence-corrected chi connectivity index (χ2v) is 9.78. The fraction of sp³-hybridized carbons (Fsp3) is 0.613. The number of hydrogen-bond donors (Lipinski definition) is 0. The first-order valence-electron chi connectivity index (χ1n) is 14.0. The van der Waals surface area contributed by atoms with Crippen LogP contribution in [0.3, 0.4) is 0 Å². The number of anilines is 1. The van der Waals surface area contributed by atoms with E-state index in [9.17, 15) is 4.79 Å². The number of hydrogen-bond acceptors (Lipinski definition) is 5. The molecule has 0 spiro atoms. The van der Waals surface area contributed by atoms with Gasteiger partial charge in [-0.1, -0.05) is 72.4 Å². The minimum Gasteiger partial charge on any atom is -0.494 e. The van der Waals surface area contributed by atoms with Crippen molar-refractivity contribution in [3.63, 3.8) is 0 Å². The number of nitrogens with zero attached hydrogens (tertiary/aromatic N) is 2. The molecule has 0 amide bonds. The summed E-state index contributed by atoms with van der Waals surface area (Å²) in [5.74, 6) is 2.13. The molecule has 0 N–H and O–H groups in total. The lowest BCUT2D eigenvalue weighted by Gasteiger charge is -2.20. The summed E-state index contributed by atoms with van der Waals surface area (Å²) >= 11 is 0. The molecule has 5 nitrogen and oxygen atoms in total. The molecule has 0 radical (unpaired) electrons. The van der Waals surface area contributed by atoms with Gasteiger partial charge >= 0.3 is 5.97 Å². The summed E-state index contributed by atoms with van der Waals surface area (Å²) in [4.78, 5) is 18.5.